The Balaban J connectivity index is 1.67. The molecule has 0 aliphatic rings. The highest BCUT2D eigenvalue weighted by molar-refractivity contribution is 8.00. The first-order valence-electron chi connectivity index (χ1n) is 8.55. The number of aromatic nitrogens is 4. The van der Waals surface area contributed by atoms with E-state index < -0.39 is 11.2 Å². The highest BCUT2D eigenvalue weighted by Crippen LogP contribution is 2.28. The first-order chi connectivity index (χ1) is 13.1. The van der Waals surface area contributed by atoms with Crippen molar-refractivity contribution in [2.24, 2.45) is 0 Å². The number of ether oxygens (including phenoxy) is 1. The number of carbonyl (C=O) groups is 1. The minimum absolute atomic E-state index is 0.485. The van der Waals surface area contributed by atoms with Crippen molar-refractivity contribution in [2.75, 3.05) is 6.61 Å². The zero-order valence-electron chi connectivity index (χ0n) is 14.6. The van der Waals surface area contributed by atoms with Gasteiger partial charge >= 0.3 is 5.97 Å². The largest absolute Gasteiger partial charge is 0.492 e. The summed E-state index contributed by atoms with van der Waals surface area (Å²) in [5, 5.41) is 17.7. The molecule has 1 N–H and O–H groups in total. The minimum atomic E-state index is -0.878. The third-order valence-corrected chi connectivity index (χ3v) is 5.26. The maximum Gasteiger partial charge on any atom is 0.316 e. The van der Waals surface area contributed by atoms with Gasteiger partial charge in [0, 0.05) is 0 Å². The normalized spacial score (nSPS) is 12.5. The molecule has 0 bridgehead atoms. The highest BCUT2D eigenvalue weighted by atomic mass is 32.2. The lowest BCUT2D eigenvalue weighted by atomic mass is 10.3. The van der Waals surface area contributed by atoms with E-state index in [2.05, 4.69) is 10.2 Å². The number of nitrogens with zero attached hydrogens (tertiary/aromatic N) is 4. The van der Waals surface area contributed by atoms with Gasteiger partial charge in [0.25, 0.3) is 0 Å². The molecular weight excluding hydrogens is 364 g/mol. The van der Waals surface area contributed by atoms with Crippen molar-refractivity contribution in [3.63, 3.8) is 0 Å². The number of thioether (sulfide) groups is 1. The molecule has 1 unspecified atom stereocenters. The van der Waals surface area contributed by atoms with Crippen molar-refractivity contribution in [3.05, 3.63) is 54.6 Å². The molecule has 2 heterocycles. The Bertz CT molecular complexity index is 1090. The molecule has 0 radical (unpaired) electrons. The van der Waals surface area contributed by atoms with Gasteiger partial charge in [-0.2, -0.15) is 0 Å². The molecule has 138 valence electrons. The number of hydrogen-bond acceptors (Lipinski definition) is 5. The number of hydrogen-bond donors (Lipinski definition) is 1. The van der Waals surface area contributed by atoms with Crippen LogP contribution in [0.4, 0.5) is 0 Å². The second kappa shape index (κ2) is 7.32. The standard InChI is InChI=1S/C19H18N4O3S/c1-13(17(24)25)27-19-21-20-18-22(11-12-26-14-7-3-2-4-8-14)15-9-5-6-10-16(15)23(18)19/h2-10,13H,11-12H2,1H3,(H,24,25). The van der Waals surface area contributed by atoms with Gasteiger partial charge in [0.05, 0.1) is 17.6 Å². The van der Waals surface area contributed by atoms with Crippen LogP contribution in [0.5, 0.6) is 5.75 Å². The summed E-state index contributed by atoms with van der Waals surface area (Å²) in [6.45, 7) is 2.73. The number of para-hydroxylation sites is 3. The van der Waals surface area contributed by atoms with Crippen LogP contribution in [0, 0.1) is 0 Å². The topological polar surface area (TPSA) is 81.6 Å². The maximum absolute atomic E-state index is 11.2. The molecule has 27 heavy (non-hydrogen) atoms. The predicted octanol–water partition coefficient (Wildman–Crippen LogP) is 3.33. The van der Waals surface area contributed by atoms with Gasteiger partial charge in [-0.25, -0.2) is 0 Å². The van der Waals surface area contributed by atoms with E-state index in [1.165, 1.54) is 11.8 Å². The number of aliphatic carboxylic acids is 1. The molecule has 0 saturated heterocycles. The molecule has 0 saturated carbocycles. The molecule has 4 rings (SSSR count). The lowest BCUT2D eigenvalue weighted by Gasteiger charge is -2.07. The zero-order valence-corrected chi connectivity index (χ0v) is 15.5. The molecule has 2 aromatic heterocycles. The van der Waals surface area contributed by atoms with E-state index in [-0.39, 0.29) is 0 Å². The van der Waals surface area contributed by atoms with Gasteiger partial charge < -0.3 is 14.4 Å². The van der Waals surface area contributed by atoms with E-state index >= 15 is 0 Å². The Morgan fingerprint density at radius 3 is 2.56 bits per heavy atom. The third kappa shape index (κ3) is 3.35. The fourth-order valence-electron chi connectivity index (χ4n) is 2.91. The Morgan fingerprint density at radius 2 is 1.81 bits per heavy atom. The molecule has 2 aromatic carbocycles. The van der Waals surface area contributed by atoms with Crippen molar-refractivity contribution in [2.45, 2.75) is 23.9 Å². The Kier molecular flexibility index (Phi) is 4.72. The van der Waals surface area contributed by atoms with Crippen LogP contribution in [-0.2, 0) is 11.3 Å². The van der Waals surface area contributed by atoms with Crippen LogP contribution in [0.1, 0.15) is 6.92 Å². The van der Waals surface area contributed by atoms with Crippen LogP contribution in [0.2, 0.25) is 0 Å². The van der Waals surface area contributed by atoms with Crippen molar-refractivity contribution >= 4 is 34.5 Å². The summed E-state index contributed by atoms with van der Waals surface area (Å²) in [5.41, 5.74) is 1.95. The van der Waals surface area contributed by atoms with Crippen LogP contribution >= 0.6 is 11.8 Å². The predicted molar refractivity (Wildman–Crippen MR) is 103 cm³/mol. The number of carboxylic acid groups (broad SMARTS) is 1. The molecule has 0 amide bonds. The second-order valence-electron chi connectivity index (χ2n) is 6.02. The SMILES string of the molecule is CC(Sc1nnc2n(CCOc3ccccc3)c3ccccc3n12)C(=O)O. The summed E-state index contributed by atoms with van der Waals surface area (Å²) in [7, 11) is 0. The van der Waals surface area contributed by atoms with Crippen molar-refractivity contribution in [3.8, 4) is 5.75 Å². The van der Waals surface area contributed by atoms with E-state index in [1.807, 2.05) is 63.6 Å². The number of rotatable bonds is 7. The van der Waals surface area contributed by atoms with E-state index in [1.54, 1.807) is 6.92 Å². The summed E-state index contributed by atoms with van der Waals surface area (Å²) in [4.78, 5) is 11.2. The number of imidazole rings is 1. The third-order valence-electron chi connectivity index (χ3n) is 4.23. The fourth-order valence-corrected chi connectivity index (χ4v) is 3.70. The van der Waals surface area contributed by atoms with Crippen LogP contribution in [0.3, 0.4) is 0 Å². The molecule has 0 fully saturated rings. The summed E-state index contributed by atoms with van der Waals surface area (Å²) >= 11 is 1.18. The Labute approximate surface area is 159 Å². The smallest absolute Gasteiger partial charge is 0.316 e. The molecule has 4 aromatic rings. The van der Waals surface area contributed by atoms with Crippen molar-refractivity contribution in [1.29, 1.82) is 0 Å². The molecule has 0 spiro atoms. The van der Waals surface area contributed by atoms with Crippen LogP contribution < -0.4 is 4.74 Å². The van der Waals surface area contributed by atoms with E-state index in [9.17, 15) is 9.90 Å². The van der Waals surface area contributed by atoms with Crippen molar-refractivity contribution in [1.82, 2.24) is 19.2 Å². The monoisotopic (exact) mass is 382 g/mol. The van der Waals surface area contributed by atoms with E-state index in [4.69, 9.17) is 4.74 Å². The highest BCUT2D eigenvalue weighted by Gasteiger charge is 2.21. The minimum Gasteiger partial charge on any atom is -0.492 e. The van der Waals surface area contributed by atoms with Gasteiger partial charge in [-0.15, -0.1) is 10.2 Å². The molecule has 1 atom stereocenters. The summed E-state index contributed by atoms with van der Waals surface area (Å²) < 4.78 is 9.77. The first-order valence-corrected chi connectivity index (χ1v) is 9.43. The quantitative estimate of drug-likeness (QED) is 0.494. The van der Waals surface area contributed by atoms with Crippen LogP contribution in [-0.4, -0.2) is 42.1 Å². The summed E-state index contributed by atoms with van der Waals surface area (Å²) in [5.74, 6) is 0.614. The molecule has 7 nitrogen and oxygen atoms in total. The van der Waals surface area contributed by atoms with Crippen LogP contribution in [0.25, 0.3) is 16.8 Å². The van der Waals surface area contributed by atoms with Gasteiger partial charge in [0.2, 0.25) is 5.78 Å². The first kappa shape index (κ1) is 17.4. The number of carboxylic acids is 1. The van der Waals surface area contributed by atoms with Gasteiger partial charge in [0.1, 0.15) is 17.6 Å². The number of benzene rings is 2. The molecular formula is C19H18N4O3S. The molecule has 0 aliphatic heterocycles. The van der Waals surface area contributed by atoms with Crippen LogP contribution in [0.15, 0.2) is 59.8 Å². The van der Waals surface area contributed by atoms with Gasteiger partial charge in [-0.05, 0) is 31.2 Å². The fraction of sp³-hybridized carbons (Fsp3) is 0.211. The van der Waals surface area contributed by atoms with Gasteiger partial charge in [-0.1, -0.05) is 42.1 Å². The number of fused-ring (bicyclic) bond motifs is 3. The van der Waals surface area contributed by atoms with E-state index in [0.29, 0.717) is 24.1 Å². The summed E-state index contributed by atoms with van der Waals surface area (Å²) in [6, 6.07) is 17.6. The summed E-state index contributed by atoms with van der Waals surface area (Å²) in [6.07, 6.45) is 0. The molecule has 0 aliphatic carbocycles. The molecule has 8 heteroatoms. The average molecular weight is 382 g/mol. The maximum atomic E-state index is 11.2. The van der Waals surface area contributed by atoms with E-state index in [0.717, 1.165) is 16.8 Å². The van der Waals surface area contributed by atoms with Gasteiger partial charge in [0.15, 0.2) is 5.16 Å². The zero-order chi connectivity index (χ0) is 18.8. The lowest BCUT2D eigenvalue weighted by molar-refractivity contribution is -0.136. The van der Waals surface area contributed by atoms with Crippen molar-refractivity contribution < 1.29 is 14.6 Å². The Hall–Kier alpha value is -3.00. The Morgan fingerprint density at radius 1 is 1.11 bits per heavy atom. The lowest BCUT2D eigenvalue weighted by Crippen LogP contribution is -2.11. The average Bonchev–Trinajstić information content (AvgIpc) is 3.22. The van der Waals surface area contributed by atoms with Gasteiger partial charge in [-0.3, -0.25) is 9.20 Å². The second-order valence-corrected chi connectivity index (χ2v) is 7.33.